The molecule has 0 bridgehead atoms. The summed E-state index contributed by atoms with van der Waals surface area (Å²) < 4.78 is 5.15. The first-order valence-corrected chi connectivity index (χ1v) is 8.03. The number of aliphatic hydroxyl groups excluding tert-OH is 1. The van der Waals surface area contributed by atoms with Crippen molar-refractivity contribution in [2.45, 2.75) is 33.0 Å². The molecule has 2 rings (SSSR count). The maximum atomic E-state index is 11.5. The fraction of sp³-hybridized carbons (Fsp3) is 0.316. The van der Waals surface area contributed by atoms with Gasteiger partial charge >= 0.3 is 6.09 Å². The minimum absolute atomic E-state index is 0.0146. The Morgan fingerprint density at radius 3 is 2.64 bits per heavy atom. The van der Waals surface area contributed by atoms with E-state index in [1.165, 1.54) is 0 Å². The Morgan fingerprint density at radius 1 is 1.28 bits per heavy atom. The number of alkyl carbamates (subject to hydrolysis) is 1. The fourth-order valence-corrected chi connectivity index (χ4v) is 2.03. The van der Waals surface area contributed by atoms with Crippen molar-refractivity contribution in [3.8, 4) is 11.4 Å². The third-order valence-corrected chi connectivity index (χ3v) is 3.11. The minimum Gasteiger partial charge on any atom is -0.444 e. The summed E-state index contributed by atoms with van der Waals surface area (Å²) in [6.45, 7) is 5.79. The van der Waals surface area contributed by atoms with Gasteiger partial charge in [0.1, 0.15) is 5.60 Å². The van der Waals surface area contributed by atoms with Gasteiger partial charge in [0.15, 0.2) is 5.82 Å². The van der Waals surface area contributed by atoms with E-state index in [-0.39, 0.29) is 6.61 Å². The minimum atomic E-state index is -0.509. The lowest BCUT2D eigenvalue weighted by molar-refractivity contribution is 0.0534. The van der Waals surface area contributed by atoms with Crippen LogP contribution in [-0.4, -0.2) is 33.3 Å². The van der Waals surface area contributed by atoms with Crippen molar-refractivity contribution in [3.63, 3.8) is 0 Å². The molecule has 0 saturated heterocycles. The Balaban J connectivity index is 1.90. The number of nitrogens with one attached hydrogen (secondary N) is 1. The highest BCUT2D eigenvalue weighted by Crippen LogP contribution is 2.16. The van der Waals surface area contributed by atoms with E-state index in [1.54, 1.807) is 18.5 Å². The highest BCUT2D eigenvalue weighted by atomic mass is 16.6. The molecule has 132 valence electrons. The topological polar surface area (TPSA) is 84.3 Å². The summed E-state index contributed by atoms with van der Waals surface area (Å²) in [5.41, 5.74) is 1.99. The highest BCUT2D eigenvalue weighted by Gasteiger charge is 2.14. The van der Waals surface area contributed by atoms with Crippen LogP contribution in [0, 0.1) is 0 Å². The van der Waals surface area contributed by atoms with E-state index in [9.17, 15) is 9.90 Å². The lowest BCUT2D eigenvalue weighted by Gasteiger charge is -2.19. The average Bonchev–Trinajstić information content (AvgIpc) is 2.58. The molecular formula is C19H23N3O3. The molecule has 0 aliphatic carbocycles. The largest absolute Gasteiger partial charge is 0.444 e. The van der Waals surface area contributed by atoms with Crippen molar-refractivity contribution < 1.29 is 14.6 Å². The average molecular weight is 341 g/mol. The normalized spacial score (nSPS) is 11.5. The van der Waals surface area contributed by atoms with Crippen LogP contribution >= 0.6 is 0 Å². The van der Waals surface area contributed by atoms with E-state index in [0.29, 0.717) is 12.4 Å². The molecule has 6 heteroatoms. The lowest BCUT2D eigenvalue weighted by Crippen LogP contribution is -2.32. The molecule has 1 amide bonds. The molecule has 0 fully saturated rings. The first-order chi connectivity index (χ1) is 11.9. The van der Waals surface area contributed by atoms with Crippen LogP contribution in [0.1, 0.15) is 31.9 Å². The zero-order chi connectivity index (χ0) is 18.3. The molecule has 1 aromatic carbocycles. The van der Waals surface area contributed by atoms with Crippen LogP contribution < -0.4 is 5.32 Å². The van der Waals surface area contributed by atoms with Gasteiger partial charge in [0.25, 0.3) is 0 Å². The number of amides is 1. The summed E-state index contributed by atoms with van der Waals surface area (Å²) in [7, 11) is 0. The summed E-state index contributed by atoms with van der Waals surface area (Å²) in [5, 5.41) is 11.8. The second-order valence-electron chi connectivity index (χ2n) is 6.48. The van der Waals surface area contributed by atoms with E-state index >= 15 is 0 Å². The quantitative estimate of drug-likeness (QED) is 0.872. The molecule has 1 heterocycles. The number of nitrogens with zero attached hydrogens (tertiary/aromatic N) is 2. The highest BCUT2D eigenvalue weighted by molar-refractivity contribution is 5.68. The summed E-state index contributed by atoms with van der Waals surface area (Å²) in [4.78, 5) is 20.2. The van der Waals surface area contributed by atoms with Gasteiger partial charge in [-0.3, -0.25) is 0 Å². The number of benzene rings is 1. The summed E-state index contributed by atoms with van der Waals surface area (Å²) in [6.07, 6.45) is 6.59. The van der Waals surface area contributed by atoms with E-state index in [2.05, 4.69) is 15.3 Å². The number of aliphatic hydroxyl groups is 1. The fourth-order valence-electron chi connectivity index (χ4n) is 2.03. The summed E-state index contributed by atoms with van der Waals surface area (Å²) >= 11 is 0. The van der Waals surface area contributed by atoms with Gasteiger partial charge in [-0.05, 0) is 32.4 Å². The molecule has 25 heavy (non-hydrogen) atoms. The van der Waals surface area contributed by atoms with Gasteiger partial charge in [-0.2, -0.15) is 0 Å². The van der Waals surface area contributed by atoms with Crippen LogP contribution in [0.3, 0.4) is 0 Å². The van der Waals surface area contributed by atoms with Crippen molar-refractivity contribution in [2.75, 3.05) is 6.54 Å². The monoisotopic (exact) mass is 341 g/mol. The molecule has 0 aliphatic rings. The molecule has 0 saturated carbocycles. The summed E-state index contributed by atoms with van der Waals surface area (Å²) in [5.74, 6) is 0.597. The maximum Gasteiger partial charge on any atom is 0.407 e. The van der Waals surface area contributed by atoms with Crippen LogP contribution in [0.2, 0.25) is 0 Å². The van der Waals surface area contributed by atoms with Gasteiger partial charge in [0.2, 0.25) is 0 Å². The van der Waals surface area contributed by atoms with E-state index in [1.807, 2.05) is 51.1 Å². The molecule has 0 atom stereocenters. The number of aromatic nitrogens is 2. The van der Waals surface area contributed by atoms with Gasteiger partial charge in [0.05, 0.1) is 6.61 Å². The van der Waals surface area contributed by atoms with E-state index in [0.717, 1.165) is 16.7 Å². The number of carbonyl (C=O) groups is 1. The van der Waals surface area contributed by atoms with Crippen molar-refractivity contribution in [1.29, 1.82) is 0 Å². The smallest absolute Gasteiger partial charge is 0.407 e. The van der Waals surface area contributed by atoms with Crippen LogP contribution in [0.15, 0.2) is 42.7 Å². The van der Waals surface area contributed by atoms with Crippen LogP contribution in [-0.2, 0) is 11.3 Å². The molecule has 0 aliphatic heterocycles. The molecule has 6 nitrogen and oxygen atoms in total. The van der Waals surface area contributed by atoms with Crippen LogP contribution in [0.25, 0.3) is 17.5 Å². The Labute approximate surface area is 147 Å². The number of ether oxygens (including phenoxy) is 1. The van der Waals surface area contributed by atoms with Crippen molar-refractivity contribution in [3.05, 3.63) is 53.9 Å². The van der Waals surface area contributed by atoms with Crippen molar-refractivity contribution in [2.24, 2.45) is 0 Å². The second kappa shape index (κ2) is 8.39. The first-order valence-electron chi connectivity index (χ1n) is 8.03. The van der Waals surface area contributed by atoms with Crippen LogP contribution in [0.4, 0.5) is 4.79 Å². The molecule has 1 aromatic heterocycles. The Morgan fingerprint density at radius 2 is 2.00 bits per heavy atom. The predicted octanol–water partition coefficient (Wildman–Crippen LogP) is 3.17. The SMILES string of the molecule is CC(C)(C)OC(=O)NCC=Cc1cnc(-c2cccc(CO)c2)nc1. The Kier molecular flexibility index (Phi) is 6.25. The van der Waals surface area contributed by atoms with Crippen molar-refractivity contribution in [1.82, 2.24) is 15.3 Å². The molecule has 2 N–H and O–H groups in total. The third-order valence-electron chi connectivity index (χ3n) is 3.11. The molecule has 2 aromatic rings. The van der Waals surface area contributed by atoms with E-state index in [4.69, 9.17) is 4.74 Å². The summed E-state index contributed by atoms with van der Waals surface area (Å²) in [6, 6.07) is 7.46. The number of hydrogen-bond acceptors (Lipinski definition) is 5. The van der Waals surface area contributed by atoms with Crippen molar-refractivity contribution >= 4 is 12.2 Å². The lowest BCUT2D eigenvalue weighted by atomic mass is 10.1. The van der Waals surface area contributed by atoms with Gasteiger partial charge in [-0.25, -0.2) is 14.8 Å². The van der Waals surface area contributed by atoms with Gasteiger partial charge in [0, 0.05) is 30.1 Å². The first kappa shape index (κ1) is 18.6. The number of rotatable bonds is 5. The van der Waals surface area contributed by atoms with E-state index < -0.39 is 11.7 Å². The number of carbonyl (C=O) groups excluding carboxylic acids is 1. The maximum absolute atomic E-state index is 11.5. The van der Waals surface area contributed by atoms with Gasteiger partial charge in [-0.15, -0.1) is 0 Å². The Bertz CT molecular complexity index is 734. The number of hydrogen-bond donors (Lipinski definition) is 2. The van der Waals surface area contributed by atoms with Crippen LogP contribution in [0.5, 0.6) is 0 Å². The molecule has 0 radical (unpaired) electrons. The Hall–Kier alpha value is -2.73. The zero-order valence-electron chi connectivity index (χ0n) is 14.7. The molecule has 0 spiro atoms. The standard InChI is InChI=1S/C19H23N3O3/c1-19(2,3)25-18(24)20-9-5-7-15-11-21-17(22-12-15)16-8-4-6-14(10-16)13-23/h4-8,10-12,23H,9,13H2,1-3H3,(H,20,24). The third kappa shape index (κ3) is 6.35. The van der Waals surface area contributed by atoms with Gasteiger partial charge < -0.3 is 15.2 Å². The zero-order valence-corrected chi connectivity index (χ0v) is 14.7. The molecule has 0 unspecified atom stereocenters. The predicted molar refractivity (Wildman–Crippen MR) is 96.7 cm³/mol. The van der Waals surface area contributed by atoms with Gasteiger partial charge in [-0.1, -0.05) is 30.4 Å². The second-order valence-corrected chi connectivity index (χ2v) is 6.48. The molecular weight excluding hydrogens is 318 g/mol.